The van der Waals surface area contributed by atoms with Gasteiger partial charge in [0.2, 0.25) is 17.7 Å². The molecule has 4 atom stereocenters. The van der Waals surface area contributed by atoms with Gasteiger partial charge in [0, 0.05) is 27.9 Å². The molecule has 2 aromatic rings. The zero-order valence-corrected chi connectivity index (χ0v) is 18.4. The van der Waals surface area contributed by atoms with E-state index < -0.39 is 22.9 Å². The van der Waals surface area contributed by atoms with Crippen LogP contribution in [-0.4, -0.2) is 34.2 Å². The first-order chi connectivity index (χ1) is 14.6. The topological polar surface area (TPSA) is 78.5 Å². The number of anilines is 1. The molecule has 7 heteroatoms. The molecule has 5 rings (SSSR count). The van der Waals surface area contributed by atoms with Crippen LogP contribution >= 0.6 is 11.6 Å². The van der Waals surface area contributed by atoms with Crippen LogP contribution < -0.4 is 10.6 Å². The van der Waals surface area contributed by atoms with Gasteiger partial charge in [-0.05, 0) is 51.0 Å². The van der Waals surface area contributed by atoms with Crippen LogP contribution in [0.3, 0.4) is 0 Å². The molecule has 3 amide bonds. The van der Waals surface area contributed by atoms with Crippen LogP contribution in [0.2, 0.25) is 5.02 Å². The van der Waals surface area contributed by atoms with Gasteiger partial charge in [0.15, 0.2) is 0 Å². The van der Waals surface area contributed by atoms with E-state index in [-0.39, 0.29) is 23.8 Å². The van der Waals surface area contributed by atoms with Gasteiger partial charge in [-0.1, -0.05) is 41.9 Å². The fourth-order valence-electron chi connectivity index (χ4n) is 5.48. The van der Waals surface area contributed by atoms with Crippen molar-refractivity contribution in [3.8, 4) is 0 Å². The summed E-state index contributed by atoms with van der Waals surface area (Å²) in [6.45, 7) is 5.53. The molecule has 0 aromatic heterocycles. The molecule has 2 aromatic carbocycles. The van der Waals surface area contributed by atoms with Crippen molar-refractivity contribution in [2.75, 3.05) is 5.32 Å². The Morgan fingerprint density at radius 2 is 1.74 bits per heavy atom. The average molecular weight is 438 g/mol. The van der Waals surface area contributed by atoms with Crippen molar-refractivity contribution in [1.29, 1.82) is 0 Å². The average Bonchev–Trinajstić information content (AvgIpc) is 3.27. The van der Waals surface area contributed by atoms with E-state index in [1.165, 1.54) is 4.90 Å². The smallest absolute Gasteiger partial charge is 0.250 e. The number of nitrogens with zero attached hydrogens (tertiary/aromatic N) is 1. The molecule has 6 nitrogen and oxygen atoms in total. The third kappa shape index (κ3) is 2.78. The van der Waals surface area contributed by atoms with E-state index in [9.17, 15) is 14.4 Å². The first-order valence-corrected chi connectivity index (χ1v) is 10.8. The Morgan fingerprint density at radius 1 is 1.03 bits per heavy atom. The Hall–Kier alpha value is -2.70. The minimum absolute atomic E-state index is 0.226. The first-order valence-electron chi connectivity index (χ1n) is 10.5. The molecule has 160 valence electrons. The molecule has 2 fully saturated rings. The van der Waals surface area contributed by atoms with Gasteiger partial charge in [0.05, 0.1) is 11.8 Å². The Balaban J connectivity index is 1.68. The summed E-state index contributed by atoms with van der Waals surface area (Å²) in [4.78, 5) is 42.0. The van der Waals surface area contributed by atoms with Crippen molar-refractivity contribution in [2.45, 2.75) is 44.3 Å². The summed E-state index contributed by atoms with van der Waals surface area (Å²) in [7, 11) is 0. The quantitative estimate of drug-likeness (QED) is 0.707. The molecular formula is C24H24ClN3O3. The van der Waals surface area contributed by atoms with Crippen molar-refractivity contribution in [1.82, 2.24) is 10.2 Å². The first kappa shape index (κ1) is 20.2. The number of likely N-dealkylation sites (tertiary alicyclic amines) is 1. The molecule has 2 N–H and O–H groups in total. The predicted molar refractivity (Wildman–Crippen MR) is 117 cm³/mol. The van der Waals surface area contributed by atoms with Crippen LogP contribution in [0.4, 0.5) is 5.69 Å². The number of fused-ring (bicyclic) bond motifs is 4. The molecular weight excluding hydrogens is 414 g/mol. The SMILES string of the molecule is CC(C)(C)N1C(=O)[C@@H]2[C@H](Cc3ccccc3)N[C@]3(C(=O)Nc4ccc(Cl)cc43)[C@@H]2C1=O. The molecule has 31 heavy (non-hydrogen) atoms. The van der Waals surface area contributed by atoms with Gasteiger partial charge < -0.3 is 5.32 Å². The van der Waals surface area contributed by atoms with Crippen molar-refractivity contribution in [2.24, 2.45) is 11.8 Å². The minimum atomic E-state index is -1.32. The van der Waals surface area contributed by atoms with Gasteiger partial charge in [0.1, 0.15) is 5.54 Å². The van der Waals surface area contributed by atoms with Gasteiger partial charge in [-0.25, -0.2) is 0 Å². The van der Waals surface area contributed by atoms with Crippen LogP contribution in [0.15, 0.2) is 48.5 Å². The number of rotatable bonds is 2. The zero-order chi connectivity index (χ0) is 22.1. The Kier molecular flexibility index (Phi) is 4.33. The largest absolute Gasteiger partial charge is 0.324 e. The van der Waals surface area contributed by atoms with E-state index in [1.54, 1.807) is 18.2 Å². The number of hydrogen-bond donors (Lipinski definition) is 2. The van der Waals surface area contributed by atoms with Gasteiger partial charge in [-0.15, -0.1) is 0 Å². The Bertz CT molecular complexity index is 1110. The number of carbonyl (C=O) groups excluding carboxylic acids is 3. The lowest BCUT2D eigenvalue weighted by atomic mass is 9.76. The summed E-state index contributed by atoms with van der Waals surface area (Å²) in [5.74, 6) is -2.31. The number of imide groups is 1. The lowest BCUT2D eigenvalue weighted by molar-refractivity contribution is -0.147. The highest BCUT2D eigenvalue weighted by atomic mass is 35.5. The van der Waals surface area contributed by atoms with E-state index >= 15 is 0 Å². The molecule has 1 spiro atoms. The third-order valence-corrected chi connectivity index (χ3v) is 6.88. The standard InChI is InChI=1S/C24H24ClN3O3/c1-23(2,3)28-20(29)18-17(11-13-7-5-4-6-8-13)27-24(19(18)21(28)30)15-12-14(25)9-10-16(15)26-22(24)31/h4-10,12,17-19,27H,11H2,1-3H3,(H,26,31)/t17-,18+,19-,24-/m0/s1. The van der Waals surface area contributed by atoms with Crippen LogP contribution in [0.1, 0.15) is 31.9 Å². The molecule has 0 saturated carbocycles. The maximum absolute atomic E-state index is 13.7. The van der Waals surface area contributed by atoms with Crippen LogP contribution in [0, 0.1) is 11.8 Å². The monoisotopic (exact) mass is 437 g/mol. The highest BCUT2D eigenvalue weighted by Crippen LogP contribution is 2.54. The molecule has 0 bridgehead atoms. The fourth-order valence-corrected chi connectivity index (χ4v) is 5.65. The molecule has 3 aliphatic heterocycles. The summed E-state index contributed by atoms with van der Waals surface area (Å²) in [6, 6.07) is 14.6. The van der Waals surface area contributed by atoms with E-state index in [1.807, 2.05) is 51.1 Å². The normalized spacial score (nSPS) is 29.5. The highest BCUT2D eigenvalue weighted by molar-refractivity contribution is 6.31. The van der Waals surface area contributed by atoms with Crippen LogP contribution in [0.5, 0.6) is 0 Å². The lowest BCUT2D eigenvalue weighted by Crippen LogP contribution is -2.56. The van der Waals surface area contributed by atoms with Crippen LogP contribution in [-0.2, 0) is 26.3 Å². The predicted octanol–water partition coefficient (Wildman–Crippen LogP) is 3.10. The number of benzene rings is 2. The summed E-state index contributed by atoms with van der Waals surface area (Å²) < 4.78 is 0. The van der Waals surface area contributed by atoms with Gasteiger partial charge in [-0.3, -0.25) is 24.6 Å². The van der Waals surface area contributed by atoms with E-state index in [0.717, 1.165) is 5.56 Å². The maximum atomic E-state index is 13.7. The molecule has 2 saturated heterocycles. The number of carbonyl (C=O) groups is 3. The van der Waals surface area contributed by atoms with Crippen molar-refractivity contribution >= 4 is 35.0 Å². The molecule has 3 heterocycles. The second-order valence-corrected chi connectivity index (χ2v) is 10.0. The third-order valence-electron chi connectivity index (χ3n) is 6.65. The molecule has 0 radical (unpaired) electrons. The van der Waals surface area contributed by atoms with Crippen molar-refractivity contribution in [3.63, 3.8) is 0 Å². The second-order valence-electron chi connectivity index (χ2n) is 9.58. The minimum Gasteiger partial charge on any atom is -0.324 e. The summed E-state index contributed by atoms with van der Waals surface area (Å²) in [5, 5.41) is 6.82. The molecule has 0 unspecified atom stereocenters. The fraction of sp³-hybridized carbons (Fsp3) is 0.375. The number of nitrogens with one attached hydrogen (secondary N) is 2. The van der Waals surface area contributed by atoms with E-state index in [4.69, 9.17) is 11.6 Å². The van der Waals surface area contributed by atoms with Gasteiger partial charge in [0.25, 0.3) is 0 Å². The Morgan fingerprint density at radius 3 is 2.42 bits per heavy atom. The van der Waals surface area contributed by atoms with Crippen molar-refractivity contribution < 1.29 is 14.4 Å². The lowest BCUT2D eigenvalue weighted by Gasteiger charge is -2.34. The van der Waals surface area contributed by atoms with Crippen LogP contribution in [0.25, 0.3) is 0 Å². The zero-order valence-electron chi connectivity index (χ0n) is 17.6. The maximum Gasteiger partial charge on any atom is 0.250 e. The number of halogens is 1. The Labute approximate surface area is 185 Å². The second kappa shape index (κ2) is 6.65. The number of hydrogen-bond acceptors (Lipinski definition) is 4. The summed E-state index contributed by atoms with van der Waals surface area (Å²) in [6.07, 6.45) is 0.532. The van der Waals surface area contributed by atoms with Crippen molar-refractivity contribution in [3.05, 3.63) is 64.7 Å². The van der Waals surface area contributed by atoms with E-state index in [0.29, 0.717) is 22.7 Å². The van der Waals surface area contributed by atoms with Gasteiger partial charge in [-0.2, -0.15) is 0 Å². The highest BCUT2D eigenvalue weighted by Gasteiger charge is 2.71. The van der Waals surface area contributed by atoms with Gasteiger partial charge >= 0.3 is 0 Å². The van der Waals surface area contributed by atoms with E-state index in [2.05, 4.69) is 10.6 Å². The number of amides is 3. The molecule has 3 aliphatic rings. The molecule has 0 aliphatic carbocycles. The summed E-state index contributed by atoms with van der Waals surface area (Å²) in [5.41, 5.74) is 0.290. The summed E-state index contributed by atoms with van der Waals surface area (Å²) >= 11 is 6.28.